The van der Waals surface area contributed by atoms with Gasteiger partial charge in [0, 0.05) is 49.2 Å². The predicted molar refractivity (Wildman–Crippen MR) is 157 cm³/mol. The van der Waals surface area contributed by atoms with Crippen molar-refractivity contribution in [1.29, 1.82) is 0 Å². The first-order valence-electron chi connectivity index (χ1n) is 14.0. The molecule has 0 radical (unpaired) electrons. The van der Waals surface area contributed by atoms with Gasteiger partial charge in [-0.2, -0.15) is 9.97 Å². The lowest BCUT2D eigenvalue weighted by Crippen LogP contribution is -2.16. The minimum absolute atomic E-state index is 0.200. The molecule has 0 atom stereocenters. The zero-order valence-corrected chi connectivity index (χ0v) is 24.6. The summed E-state index contributed by atoms with van der Waals surface area (Å²) in [5.74, 6) is 2.44. The number of Topliss-reactive ketones (excluding diaryl/α,β-unsaturated/α-hetero) is 2. The molecule has 0 bridgehead atoms. The summed E-state index contributed by atoms with van der Waals surface area (Å²) in [6.07, 6.45) is 7.61. The van der Waals surface area contributed by atoms with Gasteiger partial charge in [0.25, 0.3) is 0 Å². The van der Waals surface area contributed by atoms with Crippen LogP contribution < -0.4 is 29.6 Å². The molecular formula is C31H42N4O6. The van der Waals surface area contributed by atoms with Crippen molar-refractivity contribution in [3.05, 3.63) is 58.7 Å². The number of aromatic nitrogens is 2. The Bertz CT molecular complexity index is 1130. The molecule has 0 fully saturated rings. The van der Waals surface area contributed by atoms with Crippen molar-refractivity contribution in [2.45, 2.75) is 59.0 Å². The number of ketones is 2. The minimum atomic E-state index is 0.200. The molecule has 2 aromatic rings. The third-order valence-electron chi connectivity index (χ3n) is 6.43. The fraction of sp³-hybridized carbons (Fsp3) is 0.484. The third-order valence-corrected chi connectivity index (χ3v) is 6.43. The van der Waals surface area contributed by atoms with Crippen LogP contribution in [-0.4, -0.2) is 62.1 Å². The van der Waals surface area contributed by atoms with Crippen molar-refractivity contribution in [3.63, 3.8) is 0 Å². The normalized spacial score (nSPS) is 12.5. The molecule has 3 rings (SSSR count). The Hall–Kier alpha value is -3.76. The first kappa shape index (κ1) is 31.8. The predicted octanol–water partition coefficient (Wildman–Crippen LogP) is 4.13. The molecule has 0 amide bonds. The topological polar surface area (TPSA) is 121 Å². The molecule has 222 valence electrons. The molecule has 0 unspecified atom stereocenters. The summed E-state index contributed by atoms with van der Waals surface area (Å²) in [6, 6.07) is 7.56. The number of nitrogens with one attached hydrogen (secondary N) is 2. The Morgan fingerprint density at radius 3 is 1.56 bits per heavy atom. The molecule has 1 aliphatic carbocycles. The van der Waals surface area contributed by atoms with Crippen molar-refractivity contribution in [2.24, 2.45) is 0 Å². The number of hydrogen-bond donors (Lipinski definition) is 2. The van der Waals surface area contributed by atoms with Crippen LogP contribution in [0, 0.1) is 0 Å². The number of methoxy groups -OCH3 is 2. The molecule has 2 aromatic heterocycles. The maximum atomic E-state index is 11.1. The summed E-state index contributed by atoms with van der Waals surface area (Å²) in [7, 11) is 3.18. The van der Waals surface area contributed by atoms with Crippen LogP contribution in [0.5, 0.6) is 23.5 Å². The van der Waals surface area contributed by atoms with Gasteiger partial charge in [0.05, 0.1) is 14.2 Å². The standard InChI is InChI=1S/C31H42N4O6/c1-22(36)7-5-15-32-18-26-11-13-28(34-30(26)38-3)40-20-24-9-10-25(17-24)21-41-29-14-12-27(31(35-29)39-4)19-33-16-6-8-23(2)37/h9-14,32-33H,5-8,15-21H2,1-4H3. The van der Waals surface area contributed by atoms with Gasteiger partial charge in [-0.05, 0) is 69.5 Å². The quantitative estimate of drug-likeness (QED) is 0.226. The Labute approximate surface area is 242 Å². The summed E-state index contributed by atoms with van der Waals surface area (Å²) in [5, 5.41) is 6.63. The van der Waals surface area contributed by atoms with Crippen LogP contribution in [0.25, 0.3) is 0 Å². The van der Waals surface area contributed by atoms with Gasteiger partial charge in [-0.15, -0.1) is 0 Å². The van der Waals surface area contributed by atoms with Gasteiger partial charge in [0.15, 0.2) is 0 Å². The number of carbonyl (C=O) groups excluding carboxylic acids is 2. The van der Waals surface area contributed by atoms with Gasteiger partial charge < -0.3 is 39.2 Å². The number of ether oxygens (including phenoxy) is 4. The second-order valence-electron chi connectivity index (χ2n) is 10.0. The highest BCUT2D eigenvalue weighted by Crippen LogP contribution is 2.25. The lowest BCUT2D eigenvalue weighted by atomic mass is 10.2. The summed E-state index contributed by atoms with van der Waals surface area (Å²) < 4.78 is 22.8. The number of carbonyl (C=O) groups is 2. The van der Waals surface area contributed by atoms with E-state index >= 15 is 0 Å². The van der Waals surface area contributed by atoms with Gasteiger partial charge in [-0.25, -0.2) is 0 Å². The van der Waals surface area contributed by atoms with Gasteiger partial charge in [-0.1, -0.05) is 12.2 Å². The molecule has 0 saturated heterocycles. The van der Waals surface area contributed by atoms with Gasteiger partial charge in [0.2, 0.25) is 23.5 Å². The highest BCUT2D eigenvalue weighted by Gasteiger charge is 2.13. The van der Waals surface area contributed by atoms with Crippen molar-refractivity contribution >= 4 is 11.6 Å². The maximum Gasteiger partial charge on any atom is 0.220 e. The van der Waals surface area contributed by atoms with Crippen molar-refractivity contribution < 1.29 is 28.5 Å². The summed E-state index contributed by atoms with van der Waals surface area (Å²) in [5.41, 5.74) is 4.11. The zero-order chi connectivity index (χ0) is 29.5. The van der Waals surface area contributed by atoms with E-state index in [4.69, 9.17) is 18.9 Å². The molecule has 0 aliphatic heterocycles. The molecule has 0 aromatic carbocycles. The second kappa shape index (κ2) is 17.1. The van der Waals surface area contributed by atoms with E-state index in [1.165, 1.54) is 0 Å². The van der Waals surface area contributed by atoms with Crippen LogP contribution in [0.1, 0.15) is 57.1 Å². The minimum Gasteiger partial charge on any atom is -0.481 e. The van der Waals surface area contributed by atoms with Crippen molar-refractivity contribution in [2.75, 3.05) is 40.5 Å². The summed E-state index contributed by atoms with van der Waals surface area (Å²) in [4.78, 5) is 31.1. The monoisotopic (exact) mass is 566 g/mol. The Morgan fingerprint density at radius 2 is 1.17 bits per heavy atom. The van der Waals surface area contributed by atoms with E-state index in [1.54, 1.807) is 28.1 Å². The van der Waals surface area contributed by atoms with Crippen LogP contribution >= 0.6 is 0 Å². The van der Waals surface area contributed by atoms with Crippen LogP contribution in [-0.2, 0) is 22.7 Å². The second-order valence-corrected chi connectivity index (χ2v) is 10.0. The average Bonchev–Trinajstić information content (AvgIpc) is 3.42. The smallest absolute Gasteiger partial charge is 0.220 e. The van der Waals surface area contributed by atoms with E-state index in [9.17, 15) is 9.59 Å². The van der Waals surface area contributed by atoms with Gasteiger partial charge >= 0.3 is 0 Å². The van der Waals surface area contributed by atoms with Crippen LogP contribution in [0.15, 0.2) is 47.6 Å². The number of allylic oxidation sites excluding steroid dienone is 2. The van der Waals surface area contributed by atoms with Crippen molar-refractivity contribution in [3.8, 4) is 23.5 Å². The van der Waals surface area contributed by atoms with Crippen LogP contribution in [0.3, 0.4) is 0 Å². The molecule has 10 nitrogen and oxygen atoms in total. The maximum absolute atomic E-state index is 11.1. The van der Waals surface area contributed by atoms with E-state index in [-0.39, 0.29) is 11.6 Å². The van der Waals surface area contributed by atoms with E-state index in [0.717, 1.165) is 54.6 Å². The summed E-state index contributed by atoms with van der Waals surface area (Å²) >= 11 is 0. The molecule has 1 aliphatic rings. The molecule has 0 saturated carbocycles. The highest BCUT2D eigenvalue weighted by molar-refractivity contribution is 5.75. The molecule has 10 heteroatoms. The van der Waals surface area contributed by atoms with Crippen molar-refractivity contribution in [1.82, 2.24) is 20.6 Å². The molecule has 41 heavy (non-hydrogen) atoms. The number of rotatable bonds is 20. The highest BCUT2D eigenvalue weighted by atomic mass is 16.5. The van der Waals surface area contributed by atoms with Crippen LogP contribution in [0.2, 0.25) is 0 Å². The fourth-order valence-electron chi connectivity index (χ4n) is 4.24. The number of pyridine rings is 2. The van der Waals surface area contributed by atoms with Gasteiger partial charge in [0.1, 0.15) is 24.8 Å². The number of hydrogen-bond acceptors (Lipinski definition) is 10. The summed E-state index contributed by atoms with van der Waals surface area (Å²) in [6.45, 7) is 6.77. The van der Waals surface area contributed by atoms with E-state index in [1.807, 2.05) is 36.4 Å². The largest absolute Gasteiger partial charge is 0.481 e. The van der Waals surface area contributed by atoms with E-state index < -0.39 is 0 Å². The lowest BCUT2D eigenvalue weighted by molar-refractivity contribution is -0.117. The van der Waals surface area contributed by atoms with Gasteiger partial charge in [-0.3, -0.25) is 0 Å². The van der Waals surface area contributed by atoms with E-state index in [0.29, 0.717) is 62.7 Å². The Morgan fingerprint density at radius 1 is 0.732 bits per heavy atom. The molecule has 2 heterocycles. The number of nitrogens with zero attached hydrogens (tertiary/aromatic N) is 2. The van der Waals surface area contributed by atoms with Crippen LogP contribution in [0.4, 0.5) is 0 Å². The zero-order valence-electron chi connectivity index (χ0n) is 24.6. The molecule has 0 spiro atoms. The Kier molecular flexibility index (Phi) is 13.3. The average molecular weight is 567 g/mol. The SMILES string of the molecule is COc1nc(OCC2=CC=C(COc3ccc(CNCCCC(C)=O)c(OC)n3)C2)ccc1CNCCCC(C)=O. The fourth-order valence-corrected chi connectivity index (χ4v) is 4.24. The van der Waals surface area contributed by atoms with E-state index in [2.05, 4.69) is 20.6 Å². The first-order chi connectivity index (χ1) is 19.9. The first-order valence-corrected chi connectivity index (χ1v) is 14.0. The third kappa shape index (κ3) is 11.3. The Balaban J connectivity index is 1.39. The molecular weight excluding hydrogens is 524 g/mol. The molecule has 2 N–H and O–H groups in total. The lowest BCUT2D eigenvalue weighted by Gasteiger charge is -2.13.